The Labute approximate surface area is 135 Å². The van der Waals surface area contributed by atoms with Crippen LogP contribution < -0.4 is 10.7 Å². The average molecular weight is 312 g/mol. The third kappa shape index (κ3) is 2.74. The van der Waals surface area contributed by atoms with Crippen LogP contribution in [0.4, 0.5) is 5.82 Å². The molecule has 0 aromatic carbocycles. The zero-order valence-corrected chi connectivity index (χ0v) is 13.9. The van der Waals surface area contributed by atoms with Crippen molar-refractivity contribution < 1.29 is 4.98 Å². The van der Waals surface area contributed by atoms with Crippen molar-refractivity contribution in [1.29, 1.82) is 5.26 Å². The first kappa shape index (κ1) is 15.1. The summed E-state index contributed by atoms with van der Waals surface area (Å²) in [6, 6.07) is 6.65. The van der Waals surface area contributed by atoms with Gasteiger partial charge in [0, 0.05) is 27.3 Å². The molecule has 1 aliphatic carbocycles. The Balaban J connectivity index is 2.22. The van der Waals surface area contributed by atoms with Crippen LogP contribution in [0, 0.1) is 11.3 Å². The quantitative estimate of drug-likeness (QED) is 0.914. The van der Waals surface area contributed by atoms with Gasteiger partial charge >= 0.3 is 0 Å². The number of aromatic amines is 1. The molecular formula is C18H22N3S+. The molecule has 0 aliphatic heterocycles. The number of rotatable bonds is 2. The number of nitrogen functional groups attached to an aromatic ring is 1. The van der Waals surface area contributed by atoms with Crippen molar-refractivity contribution >= 4 is 17.2 Å². The third-order valence-electron chi connectivity index (χ3n) is 4.44. The first-order chi connectivity index (χ1) is 10.7. The summed E-state index contributed by atoms with van der Waals surface area (Å²) in [6.45, 7) is 2.17. The summed E-state index contributed by atoms with van der Waals surface area (Å²) >= 11 is 1.79. The van der Waals surface area contributed by atoms with Crippen LogP contribution in [0.5, 0.6) is 0 Å². The molecule has 0 saturated carbocycles. The topological polar surface area (TPSA) is 64.0 Å². The normalized spacial score (nSPS) is 14.7. The maximum atomic E-state index is 9.61. The average Bonchev–Trinajstić information content (AvgIpc) is 2.97. The van der Waals surface area contributed by atoms with Crippen molar-refractivity contribution in [3.05, 3.63) is 33.8 Å². The van der Waals surface area contributed by atoms with Crippen LogP contribution in [0.15, 0.2) is 12.1 Å². The Hall–Kier alpha value is -1.86. The molecule has 3 N–H and O–H groups in total. The molecule has 0 radical (unpaired) electrons. The van der Waals surface area contributed by atoms with E-state index in [9.17, 15) is 5.26 Å². The molecule has 0 amide bonds. The molecular weight excluding hydrogens is 290 g/mol. The van der Waals surface area contributed by atoms with Crippen molar-refractivity contribution in [2.45, 2.75) is 51.9 Å². The number of pyridine rings is 1. The Morgan fingerprint density at radius 3 is 2.68 bits per heavy atom. The number of H-pyrrole nitrogens is 1. The van der Waals surface area contributed by atoms with E-state index in [2.05, 4.69) is 30.1 Å². The monoisotopic (exact) mass is 312 g/mol. The number of hydrogen-bond acceptors (Lipinski definition) is 3. The summed E-state index contributed by atoms with van der Waals surface area (Å²) in [5.41, 5.74) is 10.4. The van der Waals surface area contributed by atoms with Crippen molar-refractivity contribution in [2.75, 3.05) is 5.73 Å². The predicted octanol–water partition coefficient (Wildman–Crippen LogP) is 3.90. The lowest BCUT2D eigenvalue weighted by Crippen LogP contribution is -2.23. The molecule has 0 fully saturated rings. The maximum absolute atomic E-state index is 9.61. The second-order valence-corrected chi connectivity index (χ2v) is 7.06. The first-order valence-electron chi connectivity index (χ1n) is 8.10. The van der Waals surface area contributed by atoms with E-state index in [1.54, 1.807) is 11.3 Å². The van der Waals surface area contributed by atoms with Crippen molar-refractivity contribution in [2.24, 2.45) is 0 Å². The number of thiophene rings is 1. The third-order valence-corrected chi connectivity index (χ3v) is 5.69. The first-order valence-corrected chi connectivity index (χ1v) is 8.92. The number of aromatic nitrogens is 1. The van der Waals surface area contributed by atoms with Crippen LogP contribution in [-0.4, -0.2) is 0 Å². The lowest BCUT2D eigenvalue weighted by Gasteiger charge is -2.16. The van der Waals surface area contributed by atoms with Gasteiger partial charge in [-0.2, -0.15) is 5.26 Å². The van der Waals surface area contributed by atoms with Crippen molar-refractivity contribution in [3.63, 3.8) is 0 Å². The number of nitrogens with two attached hydrogens (primary N) is 1. The van der Waals surface area contributed by atoms with Crippen LogP contribution >= 0.6 is 11.3 Å². The van der Waals surface area contributed by atoms with Crippen molar-refractivity contribution in [3.8, 4) is 16.5 Å². The number of nitrogens with zero attached hydrogens (tertiary/aromatic N) is 1. The SMILES string of the molecule is CCc1ccc(-c2c(C#N)c(N)[nH+]c3c2CCCCCC3)s1. The highest BCUT2D eigenvalue weighted by molar-refractivity contribution is 7.15. The molecule has 22 heavy (non-hydrogen) atoms. The second kappa shape index (κ2) is 6.50. The molecule has 2 aromatic heterocycles. The fraction of sp³-hybridized carbons (Fsp3) is 0.444. The Morgan fingerprint density at radius 2 is 2.00 bits per heavy atom. The molecule has 2 aromatic rings. The molecule has 0 unspecified atom stereocenters. The van der Waals surface area contributed by atoms with Crippen LogP contribution in [0.3, 0.4) is 0 Å². The van der Waals surface area contributed by atoms with Crippen LogP contribution in [0.1, 0.15) is 54.3 Å². The van der Waals surface area contributed by atoms with Gasteiger partial charge in [0.15, 0.2) is 0 Å². The van der Waals surface area contributed by atoms with Gasteiger partial charge in [0.1, 0.15) is 17.3 Å². The highest BCUT2D eigenvalue weighted by Gasteiger charge is 2.24. The minimum atomic E-state index is 0.517. The van der Waals surface area contributed by atoms with E-state index in [4.69, 9.17) is 5.73 Å². The smallest absolute Gasteiger partial charge is 0.286 e. The van der Waals surface area contributed by atoms with E-state index in [0.717, 1.165) is 24.8 Å². The summed E-state index contributed by atoms with van der Waals surface area (Å²) in [5.74, 6) is 0.517. The molecule has 1 aliphatic rings. The number of nitrogens with one attached hydrogen (secondary N) is 1. The van der Waals surface area contributed by atoms with Gasteiger partial charge in [-0.3, -0.25) is 5.73 Å². The molecule has 0 saturated heterocycles. The fourth-order valence-corrected chi connectivity index (χ4v) is 4.30. The molecule has 0 atom stereocenters. The number of hydrogen-bond donors (Lipinski definition) is 1. The number of aryl methyl sites for hydroxylation is 2. The molecule has 4 heteroatoms. The molecule has 114 valence electrons. The minimum Gasteiger partial charge on any atom is -0.286 e. The van der Waals surface area contributed by atoms with E-state index < -0.39 is 0 Å². The molecule has 0 bridgehead atoms. The Bertz CT molecular complexity index is 725. The van der Waals surface area contributed by atoms with Gasteiger partial charge in [-0.1, -0.05) is 19.8 Å². The number of nitriles is 1. The van der Waals surface area contributed by atoms with Gasteiger partial charge in [0.05, 0.1) is 0 Å². The van der Waals surface area contributed by atoms with Crippen LogP contribution in [-0.2, 0) is 19.3 Å². The maximum Gasteiger partial charge on any atom is 0.289 e. The Kier molecular flexibility index (Phi) is 4.44. The van der Waals surface area contributed by atoms with Crippen LogP contribution in [0.25, 0.3) is 10.4 Å². The molecule has 2 heterocycles. The van der Waals surface area contributed by atoms with Gasteiger partial charge in [-0.25, -0.2) is 4.98 Å². The van der Waals surface area contributed by atoms with Gasteiger partial charge in [-0.15, -0.1) is 11.3 Å². The predicted molar refractivity (Wildman–Crippen MR) is 90.7 cm³/mol. The zero-order valence-electron chi connectivity index (χ0n) is 13.0. The van der Waals surface area contributed by atoms with E-state index in [-0.39, 0.29) is 0 Å². The molecule has 3 nitrogen and oxygen atoms in total. The van der Waals surface area contributed by atoms with Gasteiger partial charge in [0.25, 0.3) is 5.82 Å². The lowest BCUT2D eigenvalue weighted by molar-refractivity contribution is -0.374. The van der Waals surface area contributed by atoms with E-state index in [1.807, 2.05) is 0 Å². The van der Waals surface area contributed by atoms with E-state index >= 15 is 0 Å². The Morgan fingerprint density at radius 1 is 1.23 bits per heavy atom. The zero-order chi connectivity index (χ0) is 15.5. The number of anilines is 1. The molecule has 0 spiro atoms. The number of fused-ring (bicyclic) bond motifs is 1. The van der Waals surface area contributed by atoms with Crippen LogP contribution in [0.2, 0.25) is 0 Å². The second-order valence-electron chi connectivity index (χ2n) is 5.89. The summed E-state index contributed by atoms with van der Waals surface area (Å²) in [6.07, 6.45) is 8.04. The highest BCUT2D eigenvalue weighted by atomic mass is 32.1. The van der Waals surface area contributed by atoms with E-state index in [0.29, 0.717) is 11.4 Å². The van der Waals surface area contributed by atoms with Gasteiger partial charge < -0.3 is 0 Å². The summed E-state index contributed by atoms with van der Waals surface area (Å²) in [5, 5.41) is 9.61. The summed E-state index contributed by atoms with van der Waals surface area (Å²) < 4.78 is 0. The highest BCUT2D eigenvalue weighted by Crippen LogP contribution is 2.37. The minimum absolute atomic E-state index is 0.517. The van der Waals surface area contributed by atoms with E-state index in [1.165, 1.54) is 46.7 Å². The van der Waals surface area contributed by atoms with Crippen molar-refractivity contribution in [1.82, 2.24) is 0 Å². The largest absolute Gasteiger partial charge is 0.289 e. The van der Waals surface area contributed by atoms with Gasteiger partial charge in [-0.05, 0) is 37.8 Å². The lowest BCUT2D eigenvalue weighted by atomic mass is 9.90. The fourth-order valence-electron chi connectivity index (χ4n) is 3.27. The molecule has 3 rings (SSSR count). The van der Waals surface area contributed by atoms with Gasteiger partial charge in [0.2, 0.25) is 0 Å². The summed E-state index contributed by atoms with van der Waals surface area (Å²) in [7, 11) is 0. The summed E-state index contributed by atoms with van der Waals surface area (Å²) in [4.78, 5) is 5.84. The standard InChI is InChI=1S/C18H21N3S/c1-2-12-9-10-16(22-12)17-13-7-5-3-4-6-8-15(13)21-18(20)14(17)11-19/h9-10H,2-8H2,1H3,(H2,20,21)/p+1.